The SMILES string of the molecule is Cn1cnc2nc(Br)n(Cc3ccccc3Cl)c2c1=O. The minimum absolute atomic E-state index is 0.139. The van der Waals surface area contributed by atoms with Crippen molar-refractivity contribution in [2.75, 3.05) is 0 Å². The van der Waals surface area contributed by atoms with Crippen LogP contribution in [0.5, 0.6) is 0 Å². The van der Waals surface area contributed by atoms with Crippen LogP contribution in [0, 0.1) is 0 Å². The van der Waals surface area contributed by atoms with Gasteiger partial charge in [-0.2, -0.15) is 0 Å². The second-order valence-corrected chi connectivity index (χ2v) is 5.51. The number of aryl methyl sites for hydroxylation is 1. The van der Waals surface area contributed by atoms with Crippen LogP contribution in [0.2, 0.25) is 5.02 Å². The summed E-state index contributed by atoms with van der Waals surface area (Å²) in [4.78, 5) is 20.7. The first-order valence-electron chi connectivity index (χ1n) is 5.88. The first kappa shape index (κ1) is 13.3. The lowest BCUT2D eigenvalue weighted by Crippen LogP contribution is -2.19. The average Bonchev–Trinajstić information content (AvgIpc) is 2.74. The van der Waals surface area contributed by atoms with E-state index in [1.807, 2.05) is 24.3 Å². The largest absolute Gasteiger partial charge is 0.308 e. The molecule has 0 fully saturated rings. The van der Waals surface area contributed by atoms with Crippen molar-refractivity contribution in [3.63, 3.8) is 0 Å². The molecule has 2 aromatic heterocycles. The Bertz CT molecular complexity index is 855. The topological polar surface area (TPSA) is 52.7 Å². The van der Waals surface area contributed by atoms with Gasteiger partial charge in [0.1, 0.15) is 0 Å². The predicted molar refractivity (Wildman–Crippen MR) is 81.0 cm³/mol. The smallest absolute Gasteiger partial charge is 0.279 e. The lowest BCUT2D eigenvalue weighted by molar-refractivity contribution is 0.778. The minimum atomic E-state index is -0.139. The molecule has 0 N–H and O–H groups in total. The number of hydrogen-bond acceptors (Lipinski definition) is 3. The fourth-order valence-corrected chi connectivity index (χ4v) is 2.68. The predicted octanol–water partition coefficient (Wildman–Crippen LogP) is 2.59. The fourth-order valence-electron chi connectivity index (χ4n) is 2.02. The van der Waals surface area contributed by atoms with E-state index >= 15 is 0 Å². The minimum Gasteiger partial charge on any atom is -0.308 e. The molecule has 0 aliphatic carbocycles. The number of benzene rings is 1. The van der Waals surface area contributed by atoms with Crippen LogP contribution in [0.3, 0.4) is 0 Å². The summed E-state index contributed by atoms with van der Waals surface area (Å²) >= 11 is 9.54. The Labute approximate surface area is 128 Å². The van der Waals surface area contributed by atoms with Crippen molar-refractivity contribution in [1.29, 1.82) is 0 Å². The van der Waals surface area contributed by atoms with E-state index in [1.165, 1.54) is 10.9 Å². The van der Waals surface area contributed by atoms with E-state index in [1.54, 1.807) is 11.6 Å². The number of hydrogen-bond donors (Lipinski definition) is 0. The Morgan fingerprint density at radius 1 is 1.35 bits per heavy atom. The summed E-state index contributed by atoms with van der Waals surface area (Å²) in [5, 5.41) is 0.655. The van der Waals surface area contributed by atoms with Gasteiger partial charge in [-0.05, 0) is 27.6 Å². The number of aromatic nitrogens is 4. The van der Waals surface area contributed by atoms with E-state index in [0.717, 1.165) is 5.56 Å². The molecule has 2 heterocycles. The monoisotopic (exact) mass is 352 g/mol. The van der Waals surface area contributed by atoms with Gasteiger partial charge in [-0.3, -0.25) is 4.79 Å². The van der Waals surface area contributed by atoms with Gasteiger partial charge in [-0.15, -0.1) is 0 Å². The summed E-state index contributed by atoms with van der Waals surface area (Å²) < 4.78 is 3.76. The standard InChI is InChI=1S/C13H10BrClN4O/c1-18-7-16-11-10(12(18)20)19(13(14)17-11)6-8-4-2-3-5-9(8)15/h2-5,7H,6H2,1H3. The highest BCUT2D eigenvalue weighted by Crippen LogP contribution is 2.21. The summed E-state index contributed by atoms with van der Waals surface area (Å²) in [7, 11) is 1.66. The average molecular weight is 354 g/mol. The summed E-state index contributed by atoms with van der Waals surface area (Å²) in [5.74, 6) is 0. The number of imidazole rings is 1. The van der Waals surface area contributed by atoms with Gasteiger partial charge in [0.15, 0.2) is 15.9 Å². The van der Waals surface area contributed by atoms with E-state index < -0.39 is 0 Å². The Morgan fingerprint density at radius 2 is 2.10 bits per heavy atom. The molecule has 102 valence electrons. The molecule has 0 aliphatic heterocycles. The molecule has 0 bridgehead atoms. The zero-order chi connectivity index (χ0) is 14.3. The highest BCUT2D eigenvalue weighted by Gasteiger charge is 2.15. The van der Waals surface area contributed by atoms with E-state index in [0.29, 0.717) is 27.5 Å². The maximum Gasteiger partial charge on any atom is 0.279 e. The molecule has 0 saturated heterocycles. The zero-order valence-electron chi connectivity index (χ0n) is 10.5. The third kappa shape index (κ3) is 2.14. The van der Waals surface area contributed by atoms with Crippen molar-refractivity contribution >= 4 is 38.7 Å². The molecular weight excluding hydrogens is 344 g/mol. The molecule has 3 aromatic rings. The third-order valence-electron chi connectivity index (χ3n) is 3.07. The number of halogens is 2. The Morgan fingerprint density at radius 3 is 2.85 bits per heavy atom. The highest BCUT2D eigenvalue weighted by atomic mass is 79.9. The normalized spacial score (nSPS) is 11.2. The van der Waals surface area contributed by atoms with Crippen molar-refractivity contribution < 1.29 is 0 Å². The first-order valence-corrected chi connectivity index (χ1v) is 7.06. The molecule has 0 atom stereocenters. The molecule has 0 aliphatic rings. The van der Waals surface area contributed by atoms with Gasteiger partial charge in [0.2, 0.25) is 0 Å². The van der Waals surface area contributed by atoms with E-state index in [-0.39, 0.29) is 5.56 Å². The fraction of sp³-hybridized carbons (Fsp3) is 0.154. The molecular formula is C13H10BrClN4O. The number of fused-ring (bicyclic) bond motifs is 1. The third-order valence-corrected chi connectivity index (χ3v) is 4.04. The molecule has 1 aromatic carbocycles. The van der Waals surface area contributed by atoms with Crippen LogP contribution in [-0.4, -0.2) is 19.1 Å². The van der Waals surface area contributed by atoms with Crippen molar-refractivity contribution in [3.05, 3.63) is 56.3 Å². The Kier molecular flexibility index (Phi) is 3.35. The molecule has 20 heavy (non-hydrogen) atoms. The number of rotatable bonds is 2. The second-order valence-electron chi connectivity index (χ2n) is 4.39. The molecule has 3 rings (SSSR count). The molecule has 0 amide bonds. The summed E-state index contributed by atoms with van der Waals surface area (Å²) in [6.45, 7) is 0.456. The molecule has 0 saturated carbocycles. The summed E-state index contributed by atoms with van der Waals surface area (Å²) in [6, 6.07) is 7.51. The van der Waals surface area contributed by atoms with Crippen molar-refractivity contribution in [2.45, 2.75) is 6.54 Å². The summed E-state index contributed by atoms with van der Waals surface area (Å²) in [5.41, 5.74) is 1.66. The molecule has 7 heteroatoms. The van der Waals surface area contributed by atoms with Crippen LogP contribution in [-0.2, 0) is 13.6 Å². The van der Waals surface area contributed by atoms with Gasteiger partial charge in [0.05, 0.1) is 12.9 Å². The van der Waals surface area contributed by atoms with Crippen LogP contribution in [0.15, 0.2) is 40.1 Å². The Hall–Kier alpha value is -1.66. The molecule has 5 nitrogen and oxygen atoms in total. The van der Waals surface area contributed by atoms with E-state index in [9.17, 15) is 4.79 Å². The van der Waals surface area contributed by atoms with Crippen molar-refractivity contribution in [3.8, 4) is 0 Å². The molecule has 0 radical (unpaired) electrons. The first-order chi connectivity index (χ1) is 9.58. The van der Waals surface area contributed by atoms with Gasteiger partial charge >= 0.3 is 0 Å². The lowest BCUT2D eigenvalue weighted by Gasteiger charge is -2.07. The van der Waals surface area contributed by atoms with Crippen LogP contribution < -0.4 is 5.56 Å². The van der Waals surface area contributed by atoms with Crippen molar-refractivity contribution in [2.24, 2.45) is 7.05 Å². The summed E-state index contributed by atoms with van der Waals surface area (Å²) in [6.07, 6.45) is 1.46. The second kappa shape index (κ2) is 5.03. The zero-order valence-corrected chi connectivity index (χ0v) is 12.9. The maximum absolute atomic E-state index is 12.2. The van der Waals surface area contributed by atoms with Crippen LogP contribution in [0.25, 0.3) is 11.2 Å². The van der Waals surface area contributed by atoms with E-state index in [4.69, 9.17) is 11.6 Å². The van der Waals surface area contributed by atoms with E-state index in [2.05, 4.69) is 25.9 Å². The van der Waals surface area contributed by atoms with Crippen LogP contribution in [0.1, 0.15) is 5.56 Å². The van der Waals surface area contributed by atoms with Gasteiger partial charge < -0.3 is 9.13 Å². The maximum atomic E-state index is 12.2. The van der Waals surface area contributed by atoms with Crippen LogP contribution >= 0.6 is 27.5 Å². The number of nitrogens with zero attached hydrogens (tertiary/aromatic N) is 4. The lowest BCUT2D eigenvalue weighted by atomic mass is 10.2. The highest BCUT2D eigenvalue weighted by molar-refractivity contribution is 9.10. The van der Waals surface area contributed by atoms with Gasteiger partial charge in [0.25, 0.3) is 5.56 Å². The van der Waals surface area contributed by atoms with Gasteiger partial charge in [-0.25, -0.2) is 9.97 Å². The van der Waals surface area contributed by atoms with Gasteiger partial charge in [-0.1, -0.05) is 29.8 Å². The molecule has 0 unspecified atom stereocenters. The van der Waals surface area contributed by atoms with Gasteiger partial charge in [0, 0.05) is 12.1 Å². The quantitative estimate of drug-likeness (QED) is 0.666. The Balaban J connectivity index is 2.22. The van der Waals surface area contributed by atoms with Crippen LogP contribution in [0.4, 0.5) is 0 Å². The molecule has 0 spiro atoms. The van der Waals surface area contributed by atoms with Crippen molar-refractivity contribution in [1.82, 2.24) is 19.1 Å².